The van der Waals surface area contributed by atoms with Crippen molar-refractivity contribution < 1.29 is 14.3 Å². The third kappa shape index (κ3) is 2.80. The summed E-state index contributed by atoms with van der Waals surface area (Å²) in [7, 11) is 0. The molecule has 0 unspecified atom stereocenters. The molecule has 6 nitrogen and oxygen atoms in total. The van der Waals surface area contributed by atoms with E-state index in [-0.39, 0.29) is 11.8 Å². The first-order valence-electron chi connectivity index (χ1n) is 10.3. The van der Waals surface area contributed by atoms with Crippen LogP contribution in [0.25, 0.3) is 0 Å². The van der Waals surface area contributed by atoms with Gasteiger partial charge >= 0.3 is 0 Å². The van der Waals surface area contributed by atoms with Crippen molar-refractivity contribution in [2.45, 2.75) is 32.0 Å². The highest BCUT2D eigenvalue weighted by molar-refractivity contribution is 6.30. The van der Waals surface area contributed by atoms with Gasteiger partial charge < -0.3 is 9.64 Å². The lowest BCUT2D eigenvalue weighted by Crippen LogP contribution is -2.58. The molecule has 3 heterocycles. The van der Waals surface area contributed by atoms with Crippen molar-refractivity contribution in [2.75, 3.05) is 22.9 Å². The zero-order valence-corrected chi connectivity index (χ0v) is 18.3. The van der Waals surface area contributed by atoms with Crippen molar-refractivity contribution in [1.82, 2.24) is 0 Å². The second-order valence-electron chi connectivity index (χ2n) is 9.14. The van der Waals surface area contributed by atoms with E-state index in [9.17, 15) is 14.9 Å². The Balaban J connectivity index is 1.52. The van der Waals surface area contributed by atoms with Crippen molar-refractivity contribution in [2.24, 2.45) is 11.8 Å². The molecule has 2 aromatic rings. The normalized spacial score (nSPS) is 31.7. The number of amides is 2. The van der Waals surface area contributed by atoms with Gasteiger partial charge in [-0.15, -0.1) is 0 Å². The molecule has 0 aliphatic carbocycles. The minimum absolute atomic E-state index is 0.233. The minimum Gasteiger partial charge on any atom is -0.366 e. The molecule has 2 bridgehead atoms. The molecule has 3 aliphatic heterocycles. The smallest absolute Gasteiger partial charge is 0.240 e. The number of carbonyl (C=O) groups excluding carboxylic acids is 2. The standard InChI is InChI=1S/C24H22ClN3O3/c1-14-10-18(7-4-15(14)11-26)28-21(29)19-20(22(28)30)24(3)13-27(12-23(19,2)31-24)17-8-5-16(25)6-9-17/h4-10,19-20H,12-13H2,1-3H3/t19-,20+,23-,24+. The summed E-state index contributed by atoms with van der Waals surface area (Å²) in [6.07, 6.45) is 0. The first-order chi connectivity index (χ1) is 14.7. The van der Waals surface area contributed by atoms with Crippen LogP contribution in [0.5, 0.6) is 0 Å². The zero-order chi connectivity index (χ0) is 22.1. The molecule has 3 saturated heterocycles. The van der Waals surface area contributed by atoms with Gasteiger partial charge in [0.2, 0.25) is 11.8 Å². The molecule has 158 valence electrons. The number of imide groups is 1. The summed E-state index contributed by atoms with van der Waals surface area (Å²) >= 11 is 6.04. The van der Waals surface area contributed by atoms with Crippen LogP contribution in [0.1, 0.15) is 25.0 Å². The van der Waals surface area contributed by atoms with Crippen molar-refractivity contribution in [3.8, 4) is 6.07 Å². The number of fused-ring (bicyclic) bond motifs is 5. The Morgan fingerprint density at radius 2 is 1.55 bits per heavy atom. The summed E-state index contributed by atoms with van der Waals surface area (Å²) in [5.74, 6) is -1.58. The second-order valence-corrected chi connectivity index (χ2v) is 9.57. The highest BCUT2D eigenvalue weighted by Gasteiger charge is 2.71. The monoisotopic (exact) mass is 435 g/mol. The number of aryl methyl sites for hydroxylation is 1. The maximum absolute atomic E-state index is 13.6. The molecule has 5 rings (SSSR count). The lowest BCUT2D eigenvalue weighted by molar-refractivity contribution is -0.141. The number of hydrogen-bond acceptors (Lipinski definition) is 5. The van der Waals surface area contributed by atoms with Crippen LogP contribution in [0.3, 0.4) is 0 Å². The third-order valence-electron chi connectivity index (χ3n) is 6.88. The number of rotatable bonds is 2. The molecule has 2 aromatic carbocycles. The molecule has 3 fully saturated rings. The lowest BCUT2D eigenvalue weighted by atomic mass is 9.79. The molecule has 0 saturated carbocycles. The van der Waals surface area contributed by atoms with Crippen molar-refractivity contribution >= 4 is 34.8 Å². The van der Waals surface area contributed by atoms with Gasteiger partial charge in [-0.25, -0.2) is 4.90 Å². The van der Waals surface area contributed by atoms with Crippen LogP contribution in [0, 0.1) is 30.1 Å². The Hall–Kier alpha value is -2.88. The molecule has 7 heteroatoms. The van der Waals surface area contributed by atoms with E-state index in [1.807, 2.05) is 38.1 Å². The number of carbonyl (C=O) groups is 2. The topological polar surface area (TPSA) is 73.6 Å². The minimum atomic E-state index is -0.791. The average molecular weight is 436 g/mol. The molecule has 31 heavy (non-hydrogen) atoms. The van der Waals surface area contributed by atoms with Gasteiger partial charge in [-0.05, 0) is 68.8 Å². The summed E-state index contributed by atoms with van der Waals surface area (Å²) < 4.78 is 6.42. The fraction of sp³-hybridized carbons (Fsp3) is 0.375. The maximum Gasteiger partial charge on any atom is 0.240 e. The second kappa shape index (κ2) is 6.56. The van der Waals surface area contributed by atoms with Gasteiger partial charge in [-0.1, -0.05) is 11.6 Å². The number of nitrogens with zero attached hydrogens (tertiary/aromatic N) is 3. The zero-order valence-electron chi connectivity index (χ0n) is 17.6. The summed E-state index contributed by atoms with van der Waals surface area (Å²) in [6.45, 7) is 6.67. The van der Waals surface area contributed by atoms with Gasteiger partial charge in [-0.3, -0.25) is 9.59 Å². The summed E-state index contributed by atoms with van der Waals surface area (Å²) in [5, 5.41) is 9.85. The number of morpholine rings is 1. The summed E-state index contributed by atoms with van der Waals surface area (Å²) in [4.78, 5) is 30.6. The van der Waals surface area contributed by atoms with Gasteiger partial charge in [0, 0.05) is 23.8 Å². The molecular formula is C24H22ClN3O3. The number of hydrogen-bond donors (Lipinski definition) is 0. The molecule has 0 N–H and O–H groups in total. The van der Waals surface area contributed by atoms with Crippen LogP contribution in [-0.2, 0) is 14.3 Å². The predicted octanol–water partition coefficient (Wildman–Crippen LogP) is 3.69. The van der Waals surface area contributed by atoms with Crippen LogP contribution in [0.4, 0.5) is 11.4 Å². The van der Waals surface area contributed by atoms with E-state index < -0.39 is 23.0 Å². The van der Waals surface area contributed by atoms with E-state index in [4.69, 9.17) is 16.3 Å². The van der Waals surface area contributed by atoms with E-state index in [0.717, 1.165) is 11.3 Å². The van der Waals surface area contributed by atoms with Gasteiger partial charge in [0.15, 0.2) is 0 Å². The van der Waals surface area contributed by atoms with E-state index >= 15 is 0 Å². The van der Waals surface area contributed by atoms with Crippen LogP contribution in [0.15, 0.2) is 42.5 Å². The van der Waals surface area contributed by atoms with Crippen molar-refractivity contribution in [1.29, 1.82) is 5.26 Å². The average Bonchev–Trinajstić information content (AvgIpc) is 3.08. The fourth-order valence-corrected chi connectivity index (χ4v) is 5.76. The van der Waals surface area contributed by atoms with Gasteiger partial charge in [0.25, 0.3) is 0 Å². The fourth-order valence-electron chi connectivity index (χ4n) is 5.64. The Morgan fingerprint density at radius 3 is 2.06 bits per heavy atom. The lowest BCUT2D eigenvalue weighted by Gasteiger charge is -2.46. The summed E-state index contributed by atoms with van der Waals surface area (Å²) in [5.41, 5.74) is 1.19. The predicted molar refractivity (Wildman–Crippen MR) is 117 cm³/mol. The number of anilines is 2. The van der Waals surface area contributed by atoms with E-state index in [0.29, 0.717) is 29.4 Å². The molecular weight excluding hydrogens is 414 g/mol. The Kier molecular flexibility index (Phi) is 4.24. The largest absolute Gasteiger partial charge is 0.366 e. The van der Waals surface area contributed by atoms with E-state index in [2.05, 4.69) is 11.0 Å². The van der Waals surface area contributed by atoms with Crippen molar-refractivity contribution in [3.05, 3.63) is 58.6 Å². The molecule has 3 aliphatic rings. The highest BCUT2D eigenvalue weighted by atomic mass is 35.5. The molecule has 0 radical (unpaired) electrons. The number of nitriles is 1. The first-order valence-corrected chi connectivity index (χ1v) is 10.6. The number of halogens is 1. The third-order valence-corrected chi connectivity index (χ3v) is 7.13. The molecule has 0 aromatic heterocycles. The SMILES string of the molecule is Cc1cc(N2C(=O)[C@@H]3[C@H](C2=O)[C@@]2(C)CN(c4ccc(Cl)cc4)C[C@]3(C)O2)ccc1C#N. The Morgan fingerprint density at radius 1 is 1.00 bits per heavy atom. The van der Waals surface area contributed by atoms with Crippen LogP contribution < -0.4 is 9.80 Å². The Labute approximate surface area is 186 Å². The highest BCUT2D eigenvalue weighted by Crippen LogP contribution is 2.56. The van der Waals surface area contributed by atoms with Crippen LogP contribution >= 0.6 is 11.6 Å². The molecule has 4 atom stereocenters. The molecule has 0 spiro atoms. The maximum atomic E-state index is 13.6. The first kappa shape index (κ1) is 20.0. The Bertz CT molecular complexity index is 1120. The quantitative estimate of drug-likeness (QED) is 0.672. The van der Waals surface area contributed by atoms with Crippen LogP contribution in [0.2, 0.25) is 5.02 Å². The van der Waals surface area contributed by atoms with E-state index in [1.54, 1.807) is 25.1 Å². The van der Waals surface area contributed by atoms with Gasteiger partial charge in [-0.2, -0.15) is 5.26 Å². The van der Waals surface area contributed by atoms with Gasteiger partial charge in [0.05, 0.1) is 40.4 Å². The number of ether oxygens (including phenoxy) is 1. The molecule has 2 amide bonds. The number of benzene rings is 2. The van der Waals surface area contributed by atoms with Crippen LogP contribution in [-0.4, -0.2) is 36.1 Å². The van der Waals surface area contributed by atoms with Gasteiger partial charge in [0.1, 0.15) is 0 Å². The van der Waals surface area contributed by atoms with E-state index in [1.165, 1.54) is 4.90 Å². The summed E-state index contributed by atoms with van der Waals surface area (Å²) in [6, 6.07) is 14.8. The van der Waals surface area contributed by atoms with Crippen molar-refractivity contribution in [3.63, 3.8) is 0 Å².